The number of rotatable bonds is 5. The van der Waals surface area contributed by atoms with Gasteiger partial charge in [-0.1, -0.05) is 12.1 Å². The van der Waals surface area contributed by atoms with Crippen molar-refractivity contribution < 1.29 is 18.1 Å². The van der Waals surface area contributed by atoms with Crippen LogP contribution in [0.5, 0.6) is 0 Å². The van der Waals surface area contributed by atoms with E-state index in [-0.39, 0.29) is 21.7 Å². The molecule has 2 aromatic carbocycles. The molecule has 0 saturated carbocycles. The van der Waals surface area contributed by atoms with Crippen molar-refractivity contribution in [2.24, 2.45) is 5.73 Å². The first-order valence-corrected chi connectivity index (χ1v) is 8.23. The third-order valence-corrected chi connectivity index (χ3v) is 5.50. The topological polar surface area (TPSA) is 124 Å². The fourth-order valence-corrected chi connectivity index (χ4v) is 3.78. The first-order chi connectivity index (χ1) is 11.2. The van der Waals surface area contributed by atoms with Crippen LogP contribution in [0.15, 0.2) is 47.4 Å². The van der Waals surface area contributed by atoms with Crippen molar-refractivity contribution in [3.05, 3.63) is 63.7 Å². The molecule has 0 heterocycles. The van der Waals surface area contributed by atoms with E-state index in [0.29, 0.717) is 0 Å². The summed E-state index contributed by atoms with van der Waals surface area (Å²) < 4.78 is 26.6. The zero-order valence-electron chi connectivity index (χ0n) is 13.0. The highest BCUT2D eigenvalue weighted by atomic mass is 32.2. The lowest BCUT2D eigenvalue weighted by Crippen LogP contribution is -2.28. The Balaban J connectivity index is 2.55. The molecule has 0 fully saturated rings. The number of nitro benzene ring substituents is 1. The summed E-state index contributed by atoms with van der Waals surface area (Å²) >= 11 is 0. The second kappa shape index (κ2) is 6.28. The van der Waals surface area contributed by atoms with Gasteiger partial charge < -0.3 is 5.73 Å². The van der Waals surface area contributed by atoms with Gasteiger partial charge in [-0.15, -0.1) is 0 Å². The highest BCUT2D eigenvalue weighted by Gasteiger charge is 2.31. The molecule has 0 radical (unpaired) electrons. The van der Waals surface area contributed by atoms with Gasteiger partial charge in [0.15, 0.2) is 4.90 Å². The van der Waals surface area contributed by atoms with Gasteiger partial charge >= 0.3 is 0 Å². The maximum Gasteiger partial charge on any atom is 0.290 e. The van der Waals surface area contributed by atoms with E-state index < -0.39 is 26.5 Å². The van der Waals surface area contributed by atoms with Crippen LogP contribution in [0.3, 0.4) is 0 Å². The van der Waals surface area contributed by atoms with Crippen LogP contribution in [0.2, 0.25) is 0 Å². The van der Waals surface area contributed by atoms with Crippen LogP contribution in [0.4, 0.5) is 11.4 Å². The molecule has 0 aromatic heterocycles. The predicted octanol–water partition coefficient (Wildman–Crippen LogP) is 1.83. The summed E-state index contributed by atoms with van der Waals surface area (Å²) in [6.45, 7) is 1.49. The number of nitro groups is 1. The number of nitrogens with two attached hydrogens (primary N) is 1. The summed E-state index contributed by atoms with van der Waals surface area (Å²) in [6.07, 6.45) is 0. The van der Waals surface area contributed by atoms with E-state index in [1.54, 1.807) is 0 Å². The normalized spacial score (nSPS) is 11.1. The summed E-state index contributed by atoms with van der Waals surface area (Å²) in [5.74, 6) is -0.637. The van der Waals surface area contributed by atoms with E-state index in [4.69, 9.17) is 5.73 Å². The Labute approximate surface area is 138 Å². The van der Waals surface area contributed by atoms with Gasteiger partial charge in [-0.05, 0) is 36.8 Å². The maximum absolute atomic E-state index is 12.8. The van der Waals surface area contributed by atoms with Crippen molar-refractivity contribution in [1.82, 2.24) is 0 Å². The summed E-state index contributed by atoms with van der Waals surface area (Å²) in [6, 6.07) is 9.64. The number of nitrogens with zero attached hydrogens (tertiary/aromatic N) is 2. The second-order valence-corrected chi connectivity index (χ2v) is 6.97. The highest BCUT2D eigenvalue weighted by Crippen LogP contribution is 2.31. The van der Waals surface area contributed by atoms with Crippen LogP contribution in [0.1, 0.15) is 15.9 Å². The summed E-state index contributed by atoms with van der Waals surface area (Å²) in [4.78, 5) is 21.2. The van der Waals surface area contributed by atoms with Crippen molar-refractivity contribution >= 4 is 27.3 Å². The molecule has 2 N–H and O–H groups in total. The Kier molecular flexibility index (Phi) is 4.56. The van der Waals surface area contributed by atoms with Crippen molar-refractivity contribution in [2.75, 3.05) is 11.4 Å². The van der Waals surface area contributed by atoms with Gasteiger partial charge in [-0.2, -0.15) is 0 Å². The third kappa shape index (κ3) is 3.06. The molecule has 2 aromatic rings. The lowest BCUT2D eigenvalue weighted by Gasteiger charge is -2.20. The first-order valence-electron chi connectivity index (χ1n) is 6.79. The van der Waals surface area contributed by atoms with Gasteiger partial charge in [-0.25, -0.2) is 8.42 Å². The second-order valence-electron chi connectivity index (χ2n) is 5.06. The molecule has 24 heavy (non-hydrogen) atoms. The largest absolute Gasteiger partial charge is 0.366 e. The number of primary amides is 1. The van der Waals surface area contributed by atoms with E-state index in [9.17, 15) is 23.3 Å². The number of anilines is 1. The first kappa shape index (κ1) is 17.4. The zero-order chi connectivity index (χ0) is 18.1. The van der Waals surface area contributed by atoms with Gasteiger partial charge in [0.05, 0.1) is 10.6 Å². The van der Waals surface area contributed by atoms with Crippen molar-refractivity contribution in [3.8, 4) is 0 Å². The number of benzene rings is 2. The molecule has 0 bridgehead atoms. The van der Waals surface area contributed by atoms with Gasteiger partial charge in [-0.3, -0.25) is 19.2 Å². The van der Waals surface area contributed by atoms with E-state index >= 15 is 0 Å². The molecule has 8 nitrogen and oxygen atoms in total. The zero-order valence-corrected chi connectivity index (χ0v) is 13.8. The summed E-state index contributed by atoms with van der Waals surface area (Å²) in [5, 5.41) is 11.2. The van der Waals surface area contributed by atoms with E-state index in [2.05, 4.69) is 0 Å². The van der Waals surface area contributed by atoms with Crippen molar-refractivity contribution in [3.63, 3.8) is 0 Å². The molecule has 1 amide bonds. The molecule has 0 atom stereocenters. The third-order valence-electron chi connectivity index (χ3n) is 3.52. The minimum atomic E-state index is -4.16. The summed E-state index contributed by atoms with van der Waals surface area (Å²) in [7, 11) is -2.87. The van der Waals surface area contributed by atoms with Gasteiger partial charge in [0.2, 0.25) is 5.91 Å². The van der Waals surface area contributed by atoms with Crippen LogP contribution < -0.4 is 10.0 Å². The van der Waals surface area contributed by atoms with Crippen molar-refractivity contribution in [2.45, 2.75) is 11.8 Å². The van der Waals surface area contributed by atoms with Crippen LogP contribution >= 0.6 is 0 Å². The Hall–Kier alpha value is -2.94. The van der Waals surface area contributed by atoms with Gasteiger partial charge in [0.25, 0.3) is 15.7 Å². The molecule has 0 aliphatic heterocycles. The molecule has 0 aliphatic rings. The minimum Gasteiger partial charge on any atom is -0.366 e. The average molecular weight is 349 g/mol. The standard InChI is InChI=1S/C15H15N3O5S/c1-10-4-3-5-13(18(20)21)14(10)24(22,23)17(2)12-8-6-11(7-9-12)15(16)19/h3-9H,1-2H3,(H2,16,19). The number of hydrogen-bond donors (Lipinski definition) is 1. The van der Waals surface area contributed by atoms with Crippen LogP contribution in [-0.4, -0.2) is 26.3 Å². The molecular weight excluding hydrogens is 334 g/mol. The number of hydrogen-bond acceptors (Lipinski definition) is 5. The Morgan fingerprint density at radius 2 is 1.75 bits per heavy atom. The van der Waals surface area contributed by atoms with Crippen LogP contribution in [0, 0.1) is 17.0 Å². The summed E-state index contributed by atoms with van der Waals surface area (Å²) in [5.41, 5.74) is 5.40. The SMILES string of the molecule is Cc1cccc([N+](=O)[O-])c1S(=O)(=O)N(C)c1ccc(C(N)=O)cc1. The van der Waals surface area contributed by atoms with Gasteiger partial charge in [0, 0.05) is 18.7 Å². The lowest BCUT2D eigenvalue weighted by atomic mass is 10.2. The number of sulfonamides is 1. The van der Waals surface area contributed by atoms with E-state index in [1.807, 2.05) is 0 Å². The predicted molar refractivity (Wildman–Crippen MR) is 88.4 cm³/mol. The molecule has 0 aliphatic carbocycles. The minimum absolute atomic E-state index is 0.228. The van der Waals surface area contributed by atoms with Crippen LogP contribution in [-0.2, 0) is 10.0 Å². The van der Waals surface area contributed by atoms with E-state index in [1.165, 1.54) is 50.4 Å². The Morgan fingerprint density at radius 3 is 2.25 bits per heavy atom. The quantitative estimate of drug-likeness (QED) is 0.651. The monoisotopic (exact) mass is 349 g/mol. The average Bonchev–Trinajstić information content (AvgIpc) is 2.53. The molecule has 0 unspecified atom stereocenters. The lowest BCUT2D eigenvalue weighted by molar-refractivity contribution is -0.387. The number of amides is 1. The number of carbonyl (C=O) groups is 1. The van der Waals surface area contributed by atoms with E-state index in [0.717, 1.165) is 10.4 Å². The molecule has 0 saturated heterocycles. The van der Waals surface area contributed by atoms with Crippen molar-refractivity contribution in [1.29, 1.82) is 0 Å². The van der Waals surface area contributed by atoms with Crippen LogP contribution in [0.25, 0.3) is 0 Å². The number of carbonyl (C=O) groups excluding carboxylic acids is 1. The molecule has 2 rings (SSSR count). The molecule has 126 valence electrons. The fourth-order valence-electron chi connectivity index (χ4n) is 2.23. The number of aryl methyl sites for hydroxylation is 1. The Morgan fingerprint density at radius 1 is 1.17 bits per heavy atom. The molecular formula is C15H15N3O5S. The smallest absolute Gasteiger partial charge is 0.290 e. The fraction of sp³-hybridized carbons (Fsp3) is 0.133. The highest BCUT2D eigenvalue weighted by molar-refractivity contribution is 7.93. The molecule has 9 heteroatoms. The maximum atomic E-state index is 12.8. The Bertz CT molecular complexity index is 907. The molecule has 0 spiro atoms. The van der Waals surface area contributed by atoms with Gasteiger partial charge in [0.1, 0.15) is 0 Å².